The standard InChI is InChI=1S/C14H22N4O/c1-9-6-10(2)17-14(12(9)13(16)19)18-5-3-4-11(7-15)8-18/h6,11H,3-5,7-8,15H2,1-2H3,(H2,16,19). The van der Waals surface area contributed by atoms with E-state index < -0.39 is 5.91 Å². The molecule has 1 aliphatic heterocycles. The van der Waals surface area contributed by atoms with Crippen LogP contribution in [0.5, 0.6) is 0 Å². The number of aryl methyl sites for hydroxylation is 2. The lowest BCUT2D eigenvalue weighted by Gasteiger charge is -2.34. The second-order valence-corrected chi connectivity index (χ2v) is 5.33. The van der Waals surface area contributed by atoms with Gasteiger partial charge in [0.15, 0.2) is 0 Å². The number of carbonyl (C=O) groups excluding carboxylic acids is 1. The number of nitrogens with zero attached hydrogens (tertiary/aromatic N) is 2. The van der Waals surface area contributed by atoms with E-state index in [9.17, 15) is 4.79 Å². The molecule has 0 aliphatic carbocycles. The summed E-state index contributed by atoms with van der Waals surface area (Å²) in [7, 11) is 0. The SMILES string of the molecule is Cc1cc(C)c(C(N)=O)c(N2CCCC(CN)C2)n1. The largest absolute Gasteiger partial charge is 0.365 e. The van der Waals surface area contributed by atoms with Crippen molar-refractivity contribution in [1.82, 2.24) is 4.98 Å². The minimum Gasteiger partial charge on any atom is -0.365 e. The molecular formula is C14H22N4O. The quantitative estimate of drug-likeness (QED) is 0.850. The van der Waals surface area contributed by atoms with Crippen LogP contribution in [-0.2, 0) is 0 Å². The van der Waals surface area contributed by atoms with Crippen LogP contribution in [0.15, 0.2) is 6.07 Å². The Morgan fingerprint density at radius 3 is 2.89 bits per heavy atom. The van der Waals surface area contributed by atoms with Crippen LogP contribution in [0.3, 0.4) is 0 Å². The lowest BCUT2D eigenvalue weighted by atomic mass is 9.97. The first kappa shape index (κ1) is 13.8. The Kier molecular flexibility index (Phi) is 4.04. The van der Waals surface area contributed by atoms with Crippen molar-refractivity contribution >= 4 is 11.7 Å². The fourth-order valence-electron chi connectivity index (χ4n) is 2.80. The zero-order chi connectivity index (χ0) is 14.0. The van der Waals surface area contributed by atoms with Crippen LogP contribution in [0, 0.1) is 19.8 Å². The summed E-state index contributed by atoms with van der Waals surface area (Å²) in [5, 5.41) is 0. The molecule has 0 radical (unpaired) electrons. The Morgan fingerprint density at radius 1 is 1.53 bits per heavy atom. The number of primary amides is 1. The van der Waals surface area contributed by atoms with E-state index in [-0.39, 0.29) is 0 Å². The molecule has 19 heavy (non-hydrogen) atoms. The van der Waals surface area contributed by atoms with Crippen molar-refractivity contribution in [3.8, 4) is 0 Å². The van der Waals surface area contributed by atoms with Crippen LogP contribution < -0.4 is 16.4 Å². The van der Waals surface area contributed by atoms with Gasteiger partial charge in [0.2, 0.25) is 0 Å². The minimum absolute atomic E-state index is 0.408. The highest BCUT2D eigenvalue weighted by molar-refractivity contribution is 5.99. The lowest BCUT2D eigenvalue weighted by molar-refractivity contribution is 0.0999. The van der Waals surface area contributed by atoms with Crippen molar-refractivity contribution in [1.29, 1.82) is 0 Å². The molecule has 1 aliphatic rings. The number of piperidine rings is 1. The highest BCUT2D eigenvalue weighted by Gasteiger charge is 2.24. The topological polar surface area (TPSA) is 85.2 Å². The fourth-order valence-corrected chi connectivity index (χ4v) is 2.80. The highest BCUT2D eigenvalue weighted by Crippen LogP contribution is 2.26. The summed E-state index contributed by atoms with van der Waals surface area (Å²) in [5.41, 5.74) is 13.6. The molecular weight excluding hydrogens is 240 g/mol. The Hall–Kier alpha value is -1.62. The van der Waals surface area contributed by atoms with Crippen LogP contribution in [0.1, 0.15) is 34.5 Å². The molecule has 4 N–H and O–H groups in total. The van der Waals surface area contributed by atoms with E-state index in [1.165, 1.54) is 0 Å². The average molecular weight is 262 g/mol. The first-order chi connectivity index (χ1) is 9.02. The summed E-state index contributed by atoms with van der Waals surface area (Å²) >= 11 is 0. The normalized spacial score (nSPS) is 19.5. The molecule has 1 atom stereocenters. The summed E-state index contributed by atoms with van der Waals surface area (Å²) in [4.78, 5) is 18.4. The van der Waals surface area contributed by atoms with Crippen molar-refractivity contribution in [2.75, 3.05) is 24.5 Å². The average Bonchev–Trinajstić information content (AvgIpc) is 2.37. The van der Waals surface area contributed by atoms with Gasteiger partial charge < -0.3 is 16.4 Å². The number of carbonyl (C=O) groups is 1. The number of nitrogens with two attached hydrogens (primary N) is 2. The number of hydrogen-bond donors (Lipinski definition) is 2. The molecule has 1 aromatic rings. The fraction of sp³-hybridized carbons (Fsp3) is 0.571. The van der Waals surface area contributed by atoms with E-state index in [4.69, 9.17) is 11.5 Å². The molecule has 0 spiro atoms. The summed E-state index contributed by atoms with van der Waals surface area (Å²) in [6.45, 7) is 6.28. The molecule has 1 unspecified atom stereocenters. The number of hydrogen-bond acceptors (Lipinski definition) is 4. The monoisotopic (exact) mass is 262 g/mol. The summed E-state index contributed by atoms with van der Waals surface area (Å²) in [6.07, 6.45) is 2.22. The Morgan fingerprint density at radius 2 is 2.26 bits per heavy atom. The maximum Gasteiger partial charge on any atom is 0.252 e. The van der Waals surface area contributed by atoms with E-state index in [0.29, 0.717) is 18.0 Å². The lowest BCUT2D eigenvalue weighted by Crippen LogP contribution is -2.40. The number of anilines is 1. The van der Waals surface area contributed by atoms with E-state index in [1.807, 2.05) is 19.9 Å². The predicted octanol–water partition coefficient (Wildman–Crippen LogP) is 0.972. The Bertz CT molecular complexity index is 487. The van der Waals surface area contributed by atoms with Gasteiger partial charge in [0.1, 0.15) is 5.82 Å². The second kappa shape index (κ2) is 5.57. The molecule has 0 saturated carbocycles. The van der Waals surface area contributed by atoms with Crippen molar-refractivity contribution in [2.24, 2.45) is 17.4 Å². The third-order valence-corrected chi connectivity index (χ3v) is 3.72. The summed E-state index contributed by atoms with van der Waals surface area (Å²) in [6, 6.07) is 1.90. The van der Waals surface area contributed by atoms with E-state index >= 15 is 0 Å². The minimum atomic E-state index is -0.408. The Balaban J connectivity index is 2.40. The molecule has 1 fully saturated rings. The highest BCUT2D eigenvalue weighted by atomic mass is 16.1. The maximum atomic E-state index is 11.7. The zero-order valence-electron chi connectivity index (χ0n) is 11.6. The van der Waals surface area contributed by atoms with Gasteiger partial charge in [-0.15, -0.1) is 0 Å². The van der Waals surface area contributed by atoms with E-state index in [1.54, 1.807) is 0 Å². The predicted molar refractivity (Wildman–Crippen MR) is 76.2 cm³/mol. The van der Waals surface area contributed by atoms with Gasteiger partial charge in [0.25, 0.3) is 5.91 Å². The third kappa shape index (κ3) is 2.87. The van der Waals surface area contributed by atoms with Gasteiger partial charge in [-0.2, -0.15) is 0 Å². The molecule has 5 nitrogen and oxygen atoms in total. The van der Waals surface area contributed by atoms with Crippen LogP contribution in [0.25, 0.3) is 0 Å². The molecule has 0 bridgehead atoms. The summed E-state index contributed by atoms with van der Waals surface area (Å²) in [5.74, 6) is 0.787. The molecule has 1 amide bonds. The molecule has 1 aromatic heterocycles. The van der Waals surface area contributed by atoms with Crippen molar-refractivity contribution < 1.29 is 4.79 Å². The first-order valence-electron chi connectivity index (χ1n) is 6.76. The molecule has 5 heteroatoms. The van der Waals surface area contributed by atoms with Crippen LogP contribution in [0.4, 0.5) is 5.82 Å². The smallest absolute Gasteiger partial charge is 0.252 e. The van der Waals surface area contributed by atoms with Gasteiger partial charge in [-0.1, -0.05) is 0 Å². The van der Waals surface area contributed by atoms with E-state index in [2.05, 4.69) is 9.88 Å². The summed E-state index contributed by atoms with van der Waals surface area (Å²) < 4.78 is 0. The Labute approximate surface area is 114 Å². The second-order valence-electron chi connectivity index (χ2n) is 5.33. The molecule has 0 aromatic carbocycles. The number of amides is 1. The number of rotatable bonds is 3. The number of pyridine rings is 1. The molecule has 2 heterocycles. The van der Waals surface area contributed by atoms with Crippen molar-refractivity contribution in [3.63, 3.8) is 0 Å². The molecule has 1 saturated heterocycles. The van der Waals surface area contributed by atoms with Gasteiger partial charge in [-0.05, 0) is 50.8 Å². The maximum absolute atomic E-state index is 11.7. The van der Waals surface area contributed by atoms with Crippen molar-refractivity contribution in [3.05, 3.63) is 22.9 Å². The van der Waals surface area contributed by atoms with E-state index in [0.717, 1.165) is 43.0 Å². The first-order valence-corrected chi connectivity index (χ1v) is 6.76. The van der Waals surface area contributed by atoms with Gasteiger partial charge in [-0.25, -0.2) is 4.98 Å². The van der Waals surface area contributed by atoms with Gasteiger partial charge in [-0.3, -0.25) is 4.79 Å². The zero-order valence-corrected chi connectivity index (χ0v) is 11.6. The van der Waals surface area contributed by atoms with Gasteiger partial charge in [0.05, 0.1) is 5.56 Å². The molecule has 104 valence electrons. The van der Waals surface area contributed by atoms with Crippen molar-refractivity contribution in [2.45, 2.75) is 26.7 Å². The van der Waals surface area contributed by atoms with Crippen LogP contribution in [-0.4, -0.2) is 30.5 Å². The van der Waals surface area contributed by atoms with Crippen LogP contribution >= 0.6 is 0 Å². The van der Waals surface area contributed by atoms with Gasteiger partial charge in [0, 0.05) is 18.8 Å². The van der Waals surface area contributed by atoms with Crippen LogP contribution in [0.2, 0.25) is 0 Å². The number of aromatic nitrogens is 1. The third-order valence-electron chi connectivity index (χ3n) is 3.72. The molecule has 2 rings (SSSR count). The van der Waals surface area contributed by atoms with Gasteiger partial charge >= 0.3 is 0 Å².